The molecule has 0 spiro atoms. The summed E-state index contributed by atoms with van der Waals surface area (Å²) in [4.78, 5) is 11.7. The van der Waals surface area contributed by atoms with Crippen LogP contribution in [0.3, 0.4) is 0 Å². The smallest absolute Gasteiger partial charge is 0.135 e. The first-order valence-corrected chi connectivity index (χ1v) is 6.14. The lowest BCUT2D eigenvalue weighted by molar-refractivity contribution is -0.127. The van der Waals surface area contributed by atoms with E-state index in [2.05, 4.69) is 20.8 Å². The molecule has 0 fully saturated rings. The Kier molecular flexibility index (Phi) is 6.86. The maximum absolute atomic E-state index is 11.7. The van der Waals surface area contributed by atoms with E-state index in [1.807, 2.05) is 0 Å². The van der Waals surface area contributed by atoms with Gasteiger partial charge >= 0.3 is 0 Å². The number of rotatable bonds is 8. The van der Waals surface area contributed by atoms with Crippen LogP contribution < -0.4 is 0 Å². The van der Waals surface area contributed by atoms with Gasteiger partial charge in [0.1, 0.15) is 5.78 Å². The third kappa shape index (κ3) is 3.81. The lowest BCUT2D eigenvalue weighted by atomic mass is 9.73. The molecule has 1 nitrogen and oxygen atoms in total. The summed E-state index contributed by atoms with van der Waals surface area (Å²) in [6.45, 7) is 8.32. The van der Waals surface area contributed by atoms with E-state index in [1.165, 1.54) is 25.7 Å². The summed E-state index contributed by atoms with van der Waals surface area (Å²) in [5, 5.41) is 0. The Hall–Kier alpha value is -0.330. The van der Waals surface area contributed by atoms with Crippen molar-refractivity contribution >= 4 is 5.78 Å². The van der Waals surface area contributed by atoms with Crippen molar-refractivity contribution in [2.45, 2.75) is 72.6 Å². The molecule has 0 aromatic heterocycles. The molecule has 0 unspecified atom stereocenters. The molecule has 84 valence electrons. The summed E-state index contributed by atoms with van der Waals surface area (Å²) < 4.78 is 0. The average molecular weight is 198 g/mol. The van der Waals surface area contributed by atoms with Crippen LogP contribution in [0.4, 0.5) is 0 Å². The molecule has 0 saturated heterocycles. The zero-order valence-electron chi connectivity index (χ0n) is 10.4. The summed E-state index contributed by atoms with van der Waals surface area (Å²) >= 11 is 0. The molecule has 0 aromatic rings. The number of carbonyl (C=O) groups is 1. The van der Waals surface area contributed by atoms with Crippen LogP contribution in [-0.4, -0.2) is 5.78 Å². The van der Waals surface area contributed by atoms with Crippen molar-refractivity contribution in [3.8, 4) is 0 Å². The Bertz CT molecular complexity index is 153. The van der Waals surface area contributed by atoms with Crippen molar-refractivity contribution in [1.82, 2.24) is 0 Å². The Morgan fingerprint density at radius 1 is 1.00 bits per heavy atom. The van der Waals surface area contributed by atoms with Crippen LogP contribution in [0.1, 0.15) is 72.6 Å². The Balaban J connectivity index is 4.35. The van der Waals surface area contributed by atoms with E-state index in [9.17, 15) is 4.79 Å². The van der Waals surface area contributed by atoms with Crippen molar-refractivity contribution in [2.24, 2.45) is 5.41 Å². The summed E-state index contributed by atoms with van der Waals surface area (Å²) in [6, 6.07) is 0. The molecule has 0 amide bonds. The molecular formula is C13H26O. The van der Waals surface area contributed by atoms with Gasteiger partial charge < -0.3 is 0 Å². The van der Waals surface area contributed by atoms with Gasteiger partial charge in [0.15, 0.2) is 0 Å². The van der Waals surface area contributed by atoms with Gasteiger partial charge in [0, 0.05) is 5.41 Å². The monoisotopic (exact) mass is 198 g/mol. The fraction of sp³-hybridized carbons (Fsp3) is 0.923. The quantitative estimate of drug-likeness (QED) is 0.566. The molecular weight excluding hydrogens is 172 g/mol. The molecule has 0 aliphatic carbocycles. The van der Waals surface area contributed by atoms with Crippen LogP contribution in [-0.2, 0) is 4.79 Å². The second kappa shape index (κ2) is 7.03. The van der Waals surface area contributed by atoms with Crippen LogP contribution >= 0.6 is 0 Å². The van der Waals surface area contributed by atoms with E-state index in [1.54, 1.807) is 6.92 Å². The van der Waals surface area contributed by atoms with Gasteiger partial charge in [-0.2, -0.15) is 0 Å². The third-order valence-corrected chi connectivity index (χ3v) is 3.44. The lowest BCUT2D eigenvalue weighted by Crippen LogP contribution is -2.28. The van der Waals surface area contributed by atoms with Gasteiger partial charge in [0.05, 0.1) is 0 Å². The summed E-state index contributed by atoms with van der Waals surface area (Å²) in [5.74, 6) is 0.405. The number of carbonyl (C=O) groups excluding carboxylic acids is 1. The van der Waals surface area contributed by atoms with Gasteiger partial charge in [-0.1, -0.05) is 46.5 Å². The first-order chi connectivity index (χ1) is 6.63. The van der Waals surface area contributed by atoms with Crippen LogP contribution in [0.2, 0.25) is 0 Å². The summed E-state index contributed by atoms with van der Waals surface area (Å²) in [5.41, 5.74) is 0.00597. The molecule has 14 heavy (non-hydrogen) atoms. The second-order valence-corrected chi connectivity index (χ2v) is 4.40. The molecule has 0 heterocycles. The molecule has 0 atom stereocenters. The van der Waals surface area contributed by atoms with Crippen molar-refractivity contribution < 1.29 is 4.79 Å². The fourth-order valence-electron chi connectivity index (χ4n) is 2.11. The zero-order chi connectivity index (χ0) is 11.0. The number of hydrogen-bond donors (Lipinski definition) is 0. The normalized spacial score (nSPS) is 11.7. The lowest BCUT2D eigenvalue weighted by Gasteiger charge is -2.30. The zero-order valence-corrected chi connectivity index (χ0v) is 10.4. The van der Waals surface area contributed by atoms with Gasteiger partial charge in [-0.05, 0) is 26.2 Å². The predicted molar refractivity (Wildman–Crippen MR) is 62.5 cm³/mol. The highest BCUT2D eigenvalue weighted by Gasteiger charge is 2.31. The topological polar surface area (TPSA) is 17.1 Å². The summed E-state index contributed by atoms with van der Waals surface area (Å²) in [7, 11) is 0. The van der Waals surface area contributed by atoms with E-state index < -0.39 is 0 Å². The fourth-order valence-corrected chi connectivity index (χ4v) is 2.11. The molecule has 0 aliphatic heterocycles. The van der Waals surface area contributed by atoms with E-state index in [4.69, 9.17) is 0 Å². The number of Topliss-reactive ketones (excluding diaryl/α,β-unsaturated/α-hetero) is 1. The average Bonchev–Trinajstić information content (AvgIpc) is 2.18. The van der Waals surface area contributed by atoms with Gasteiger partial charge in [-0.3, -0.25) is 4.79 Å². The standard InChI is InChI=1S/C13H26O/c1-5-8-10-13(7-3,12(4)14)11-9-6-2/h5-11H2,1-4H3. The molecule has 0 bridgehead atoms. The Morgan fingerprint density at radius 2 is 1.43 bits per heavy atom. The Labute approximate surface area is 89.3 Å². The third-order valence-electron chi connectivity index (χ3n) is 3.44. The van der Waals surface area contributed by atoms with Gasteiger partial charge in [0.25, 0.3) is 0 Å². The first-order valence-electron chi connectivity index (χ1n) is 6.14. The minimum absolute atomic E-state index is 0.00597. The highest BCUT2D eigenvalue weighted by molar-refractivity contribution is 5.82. The number of unbranched alkanes of at least 4 members (excludes halogenated alkanes) is 2. The predicted octanol–water partition coefficient (Wildman–Crippen LogP) is 4.35. The van der Waals surface area contributed by atoms with Crippen LogP contribution in [0, 0.1) is 5.41 Å². The van der Waals surface area contributed by atoms with Crippen LogP contribution in [0.25, 0.3) is 0 Å². The van der Waals surface area contributed by atoms with Crippen molar-refractivity contribution in [3.05, 3.63) is 0 Å². The SMILES string of the molecule is CCCCC(CC)(CCCC)C(C)=O. The highest BCUT2D eigenvalue weighted by Crippen LogP contribution is 2.35. The molecule has 0 saturated carbocycles. The van der Waals surface area contributed by atoms with Gasteiger partial charge in [0.2, 0.25) is 0 Å². The van der Waals surface area contributed by atoms with Crippen molar-refractivity contribution in [3.63, 3.8) is 0 Å². The molecule has 0 aliphatic rings. The van der Waals surface area contributed by atoms with Gasteiger partial charge in [-0.25, -0.2) is 0 Å². The van der Waals surface area contributed by atoms with Crippen molar-refractivity contribution in [2.75, 3.05) is 0 Å². The minimum Gasteiger partial charge on any atom is -0.299 e. The molecule has 0 radical (unpaired) electrons. The Morgan fingerprint density at radius 3 is 1.64 bits per heavy atom. The molecule has 0 aromatic carbocycles. The highest BCUT2D eigenvalue weighted by atomic mass is 16.1. The molecule has 0 N–H and O–H groups in total. The minimum atomic E-state index is 0.00597. The summed E-state index contributed by atoms with van der Waals surface area (Å²) in [6.07, 6.45) is 7.98. The van der Waals surface area contributed by atoms with Crippen LogP contribution in [0.5, 0.6) is 0 Å². The van der Waals surface area contributed by atoms with Crippen LogP contribution in [0.15, 0.2) is 0 Å². The second-order valence-electron chi connectivity index (χ2n) is 4.40. The van der Waals surface area contributed by atoms with Crippen molar-refractivity contribution in [1.29, 1.82) is 0 Å². The number of ketones is 1. The maximum atomic E-state index is 11.7. The van der Waals surface area contributed by atoms with E-state index in [-0.39, 0.29) is 5.41 Å². The van der Waals surface area contributed by atoms with Gasteiger partial charge in [-0.15, -0.1) is 0 Å². The van der Waals surface area contributed by atoms with E-state index in [0.717, 1.165) is 19.3 Å². The van der Waals surface area contributed by atoms with E-state index in [0.29, 0.717) is 5.78 Å². The molecule has 0 rings (SSSR count). The first kappa shape index (κ1) is 13.7. The number of hydrogen-bond acceptors (Lipinski definition) is 1. The maximum Gasteiger partial charge on any atom is 0.135 e. The van der Waals surface area contributed by atoms with E-state index >= 15 is 0 Å². The molecule has 1 heteroatoms. The largest absolute Gasteiger partial charge is 0.299 e.